The van der Waals surface area contributed by atoms with Gasteiger partial charge in [0.15, 0.2) is 0 Å². The Balaban J connectivity index is 1.51. The zero-order chi connectivity index (χ0) is 24.3. The molecule has 0 bridgehead atoms. The Bertz CT molecular complexity index is 1130. The molecule has 0 radical (unpaired) electrons. The lowest BCUT2D eigenvalue weighted by Gasteiger charge is -2.37. The first-order valence-electron chi connectivity index (χ1n) is 11.8. The monoisotopic (exact) mass is 487 g/mol. The third-order valence-electron chi connectivity index (χ3n) is 6.51. The van der Waals surface area contributed by atoms with Crippen molar-refractivity contribution in [1.82, 2.24) is 9.62 Å². The normalized spacial score (nSPS) is 18.3. The fourth-order valence-corrected chi connectivity index (χ4v) is 6.23. The number of rotatable bonds is 8. The highest BCUT2D eigenvalue weighted by Gasteiger charge is 2.29. The SMILES string of the molecule is CCN1C[C@@H](CN(C)C(=O)c2ccc(OC)c(S(=O)(=O)NC3CCCC3)c2)Oc2ccccc21. The quantitative estimate of drug-likeness (QED) is 0.615. The molecule has 2 aliphatic rings. The Morgan fingerprint density at radius 3 is 2.65 bits per heavy atom. The van der Waals surface area contributed by atoms with E-state index in [1.165, 1.54) is 19.2 Å². The molecule has 1 saturated carbocycles. The van der Waals surface area contributed by atoms with Crippen molar-refractivity contribution < 1.29 is 22.7 Å². The van der Waals surface area contributed by atoms with E-state index in [2.05, 4.69) is 16.5 Å². The molecule has 1 aliphatic carbocycles. The van der Waals surface area contributed by atoms with E-state index in [4.69, 9.17) is 9.47 Å². The fourth-order valence-electron chi connectivity index (χ4n) is 4.73. The maximum Gasteiger partial charge on any atom is 0.253 e. The van der Waals surface area contributed by atoms with E-state index in [1.807, 2.05) is 24.3 Å². The predicted octanol–water partition coefficient (Wildman–Crippen LogP) is 3.28. The van der Waals surface area contributed by atoms with Crippen LogP contribution in [0, 0.1) is 0 Å². The van der Waals surface area contributed by atoms with E-state index in [1.54, 1.807) is 18.0 Å². The largest absolute Gasteiger partial charge is 0.495 e. The fraction of sp³-hybridized carbons (Fsp3) is 0.480. The summed E-state index contributed by atoms with van der Waals surface area (Å²) >= 11 is 0. The summed E-state index contributed by atoms with van der Waals surface area (Å²) in [6.07, 6.45) is 3.46. The smallest absolute Gasteiger partial charge is 0.253 e. The van der Waals surface area contributed by atoms with Gasteiger partial charge in [-0.15, -0.1) is 0 Å². The molecule has 1 atom stereocenters. The van der Waals surface area contributed by atoms with Crippen molar-refractivity contribution in [1.29, 1.82) is 0 Å². The van der Waals surface area contributed by atoms with Gasteiger partial charge in [-0.05, 0) is 50.1 Å². The molecule has 0 saturated heterocycles. The van der Waals surface area contributed by atoms with Gasteiger partial charge in [0, 0.05) is 25.2 Å². The molecule has 2 aromatic carbocycles. The molecule has 1 N–H and O–H groups in total. The molecule has 1 heterocycles. The molecule has 1 amide bonds. The van der Waals surface area contributed by atoms with Crippen LogP contribution >= 0.6 is 0 Å². The number of ether oxygens (including phenoxy) is 2. The second kappa shape index (κ2) is 10.2. The van der Waals surface area contributed by atoms with E-state index >= 15 is 0 Å². The van der Waals surface area contributed by atoms with Gasteiger partial charge in [0.25, 0.3) is 5.91 Å². The molecule has 0 spiro atoms. The Labute approximate surface area is 201 Å². The summed E-state index contributed by atoms with van der Waals surface area (Å²) in [7, 11) is -0.685. The Hall–Kier alpha value is -2.78. The number of nitrogens with zero attached hydrogens (tertiary/aromatic N) is 2. The lowest BCUT2D eigenvalue weighted by Crippen LogP contribution is -2.46. The number of hydrogen-bond acceptors (Lipinski definition) is 6. The van der Waals surface area contributed by atoms with Crippen molar-refractivity contribution in [2.24, 2.45) is 0 Å². The van der Waals surface area contributed by atoms with Gasteiger partial charge in [-0.25, -0.2) is 13.1 Å². The molecule has 1 aliphatic heterocycles. The van der Waals surface area contributed by atoms with Crippen molar-refractivity contribution in [2.75, 3.05) is 38.7 Å². The summed E-state index contributed by atoms with van der Waals surface area (Å²) in [5.41, 5.74) is 1.34. The Morgan fingerprint density at radius 1 is 1.21 bits per heavy atom. The molecule has 0 aromatic heterocycles. The number of nitrogens with one attached hydrogen (secondary N) is 1. The molecular weight excluding hydrogens is 454 g/mol. The molecule has 0 unspecified atom stereocenters. The van der Waals surface area contributed by atoms with Crippen molar-refractivity contribution in [3.63, 3.8) is 0 Å². The van der Waals surface area contributed by atoms with Crippen LogP contribution in [0.25, 0.3) is 0 Å². The van der Waals surface area contributed by atoms with Crippen LogP contribution < -0.4 is 19.1 Å². The van der Waals surface area contributed by atoms with E-state index in [-0.39, 0.29) is 28.7 Å². The minimum atomic E-state index is -3.82. The molecule has 34 heavy (non-hydrogen) atoms. The number of sulfonamides is 1. The summed E-state index contributed by atoms with van der Waals surface area (Å²) in [4.78, 5) is 17.0. The van der Waals surface area contributed by atoms with Gasteiger partial charge < -0.3 is 19.3 Å². The number of likely N-dealkylation sites (N-methyl/N-ethyl adjacent to an activating group) is 2. The first kappa shape index (κ1) is 24.3. The number of carbonyl (C=O) groups excluding carboxylic acids is 1. The van der Waals surface area contributed by atoms with Crippen LogP contribution in [0.1, 0.15) is 43.0 Å². The van der Waals surface area contributed by atoms with Crippen molar-refractivity contribution in [3.05, 3.63) is 48.0 Å². The van der Waals surface area contributed by atoms with Gasteiger partial charge in [-0.3, -0.25) is 4.79 Å². The Kier molecular flexibility index (Phi) is 7.33. The van der Waals surface area contributed by atoms with Crippen molar-refractivity contribution in [2.45, 2.75) is 49.6 Å². The van der Waals surface area contributed by atoms with Crippen LogP contribution in [0.3, 0.4) is 0 Å². The summed E-state index contributed by atoms with van der Waals surface area (Å²) in [6, 6.07) is 12.3. The Morgan fingerprint density at radius 2 is 1.94 bits per heavy atom. The lowest BCUT2D eigenvalue weighted by molar-refractivity contribution is 0.0709. The molecule has 184 valence electrons. The number of benzene rings is 2. The highest BCUT2D eigenvalue weighted by Crippen LogP contribution is 2.33. The third-order valence-corrected chi connectivity index (χ3v) is 8.05. The summed E-state index contributed by atoms with van der Waals surface area (Å²) < 4.78 is 40.4. The van der Waals surface area contributed by atoms with E-state index in [9.17, 15) is 13.2 Å². The van der Waals surface area contributed by atoms with Gasteiger partial charge in [0.05, 0.1) is 25.9 Å². The number of para-hydroxylation sites is 2. The second-order valence-electron chi connectivity index (χ2n) is 8.90. The average molecular weight is 488 g/mol. The van der Waals surface area contributed by atoms with Gasteiger partial charge >= 0.3 is 0 Å². The van der Waals surface area contributed by atoms with Crippen LogP contribution in [-0.4, -0.2) is 65.2 Å². The molecular formula is C25H33N3O5S. The number of hydrogen-bond donors (Lipinski definition) is 1. The van der Waals surface area contributed by atoms with E-state index < -0.39 is 10.0 Å². The van der Waals surface area contributed by atoms with Crippen LogP contribution in [0.5, 0.6) is 11.5 Å². The second-order valence-corrected chi connectivity index (χ2v) is 10.6. The number of amides is 1. The third kappa shape index (κ3) is 5.15. The van der Waals surface area contributed by atoms with E-state index in [0.717, 1.165) is 43.7 Å². The number of methoxy groups -OCH3 is 1. The van der Waals surface area contributed by atoms with Crippen LogP contribution in [0.4, 0.5) is 5.69 Å². The van der Waals surface area contributed by atoms with Crippen LogP contribution in [-0.2, 0) is 10.0 Å². The maximum absolute atomic E-state index is 13.2. The topological polar surface area (TPSA) is 88.2 Å². The van der Waals surface area contributed by atoms with Crippen LogP contribution in [0.15, 0.2) is 47.4 Å². The predicted molar refractivity (Wildman–Crippen MR) is 131 cm³/mol. The molecule has 9 heteroatoms. The first-order chi connectivity index (χ1) is 16.3. The lowest BCUT2D eigenvalue weighted by atomic mass is 10.1. The molecule has 2 aromatic rings. The zero-order valence-corrected chi connectivity index (χ0v) is 20.8. The number of anilines is 1. The van der Waals surface area contributed by atoms with Gasteiger partial charge in [0.1, 0.15) is 22.5 Å². The highest BCUT2D eigenvalue weighted by atomic mass is 32.2. The maximum atomic E-state index is 13.2. The first-order valence-corrected chi connectivity index (χ1v) is 13.3. The average Bonchev–Trinajstić information content (AvgIpc) is 3.34. The minimum absolute atomic E-state index is 0.0128. The standard InChI is InChI=1S/C25H33N3O5S/c1-4-28-17-20(33-22-12-8-7-11-21(22)28)16-27(2)25(29)18-13-14-23(32-3)24(15-18)34(30,31)26-19-9-5-6-10-19/h7-8,11-15,19-20,26H,4-6,9-10,16-17H2,1-3H3/t20-/m1/s1. The van der Waals surface area contributed by atoms with E-state index in [0.29, 0.717) is 18.7 Å². The molecule has 4 rings (SSSR count). The van der Waals surface area contributed by atoms with Crippen LogP contribution in [0.2, 0.25) is 0 Å². The molecule has 8 nitrogen and oxygen atoms in total. The zero-order valence-electron chi connectivity index (χ0n) is 20.0. The number of carbonyl (C=O) groups is 1. The van der Waals surface area contributed by atoms with Gasteiger partial charge in [-0.2, -0.15) is 0 Å². The van der Waals surface area contributed by atoms with Crippen molar-refractivity contribution >= 4 is 21.6 Å². The summed E-state index contributed by atoms with van der Waals surface area (Å²) in [5.74, 6) is 0.748. The van der Waals surface area contributed by atoms with Gasteiger partial charge in [-0.1, -0.05) is 25.0 Å². The highest BCUT2D eigenvalue weighted by molar-refractivity contribution is 7.89. The summed E-state index contributed by atoms with van der Waals surface area (Å²) in [5, 5.41) is 0. The van der Waals surface area contributed by atoms with Crippen molar-refractivity contribution in [3.8, 4) is 11.5 Å². The summed E-state index contributed by atoms with van der Waals surface area (Å²) in [6.45, 7) is 3.96. The van der Waals surface area contributed by atoms with Gasteiger partial charge in [0.2, 0.25) is 10.0 Å². The number of fused-ring (bicyclic) bond motifs is 1. The molecule has 1 fully saturated rings. The minimum Gasteiger partial charge on any atom is -0.495 e.